The molecule has 6 nitrogen and oxygen atoms in total. The fourth-order valence-electron chi connectivity index (χ4n) is 3.36. The number of hydrogen-bond donors (Lipinski definition) is 2. The van der Waals surface area contributed by atoms with E-state index in [2.05, 4.69) is 25.5 Å². The van der Waals surface area contributed by atoms with Crippen molar-refractivity contribution in [2.24, 2.45) is 0 Å². The van der Waals surface area contributed by atoms with Gasteiger partial charge in [0.15, 0.2) is 0 Å². The monoisotopic (exact) mass is 361 g/mol. The lowest BCUT2D eigenvalue weighted by Gasteiger charge is -2.16. The molecule has 2 aromatic carbocycles. The van der Waals surface area contributed by atoms with E-state index >= 15 is 0 Å². The average molecular weight is 361 g/mol. The number of carbonyl (C=O) groups excluding carboxylic acids is 1. The van der Waals surface area contributed by atoms with Crippen LogP contribution < -0.4 is 15.5 Å². The van der Waals surface area contributed by atoms with E-state index in [1.54, 1.807) is 6.33 Å². The predicted octanol–water partition coefficient (Wildman–Crippen LogP) is 3.07. The third-order valence-corrected chi connectivity index (χ3v) is 4.81. The third-order valence-electron chi connectivity index (χ3n) is 4.81. The van der Waals surface area contributed by atoms with Crippen molar-refractivity contribution in [2.45, 2.75) is 12.8 Å². The maximum atomic E-state index is 12.4. The molecule has 0 radical (unpaired) electrons. The minimum atomic E-state index is -0.0667. The number of nitrogens with zero attached hydrogens (tertiary/aromatic N) is 3. The molecule has 0 saturated carbocycles. The molecule has 27 heavy (non-hydrogen) atoms. The molecule has 3 aromatic rings. The minimum absolute atomic E-state index is 0.0667. The van der Waals surface area contributed by atoms with Gasteiger partial charge in [0.25, 0.3) is 5.91 Å². The molecular formula is C21H23N5O. The molecule has 1 saturated heterocycles. The number of benzene rings is 2. The molecule has 0 aliphatic carbocycles. The Morgan fingerprint density at radius 2 is 1.78 bits per heavy atom. The zero-order chi connectivity index (χ0) is 18.5. The van der Waals surface area contributed by atoms with Gasteiger partial charge in [-0.1, -0.05) is 30.3 Å². The Hall–Kier alpha value is -3.15. The van der Waals surface area contributed by atoms with Crippen LogP contribution in [0.15, 0.2) is 54.9 Å². The molecule has 0 unspecified atom stereocenters. The van der Waals surface area contributed by atoms with E-state index in [-0.39, 0.29) is 5.91 Å². The normalized spacial score (nSPS) is 13.7. The van der Waals surface area contributed by atoms with Crippen LogP contribution in [0.2, 0.25) is 0 Å². The largest absolute Gasteiger partial charge is 0.368 e. The molecule has 0 spiro atoms. The number of carbonyl (C=O) groups is 1. The quantitative estimate of drug-likeness (QED) is 0.661. The van der Waals surface area contributed by atoms with Crippen LogP contribution in [0.25, 0.3) is 10.8 Å². The summed E-state index contributed by atoms with van der Waals surface area (Å²) in [6.07, 6.45) is 4.02. The number of nitrogens with one attached hydrogen (secondary N) is 2. The molecule has 1 fully saturated rings. The topological polar surface area (TPSA) is 70.2 Å². The number of fused-ring (bicyclic) bond motifs is 1. The van der Waals surface area contributed by atoms with Gasteiger partial charge in [0.2, 0.25) is 0 Å². The third kappa shape index (κ3) is 4.16. The summed E-state index contributed by atoms with van der Waals surface area (Å²) in [5.41, 5.74) is 0.673. The highest BCUT2D eigenvalue weighted by atomic mass is 16.1. The molecule has 0 atom stereocenters. The number of amides is 1. The van der Waals surface area contributed by atoms with Crippen molar-refractivity contribution in [2.75, 3.05) is 36.4 Å². The summed E-state index contributed by atoms with van der Waals surface area (Å²) >= 11 is 0. The first-order chi connectivity index (χ1) is 13.3. The molecule has 2 heterocycles. The van der Waals surface area contributed by atoms with Gasteiger partial charge in [0.1, 0.15) is 18.0 Å². The van der Waals surface area contributed by atoms with Crippen molar-refractivity contribution in [3.8, 4) is 0 Å². The summed E-state index contributed by atoms with van der Waals surface area (Å²) in [6, 6.07) is 15.8. The summed E-state index contributed by atoms with van der Waals surface area (Å²) in [5, 5.41) is 8.40. The average Bonchev–Trinajstić information content (AvgIpc) is 3.26. The van der Waals surface area contributed by atoms with E-state index in [0.29, 0.717) is 18.7 Å². The molecule has 1 amide bonds. The second-order valence-corrected chi connectivity index (χ2v) is 6.70. The first kappa shape index (κ1) is 17.3. The maximum Gasteiger partial charge on any atom is 0.251 e. The van der Waals surface area contributed by atoms with Crippen LogP contribution in [0.5, 0.6) is 0 Å². The van der Waals surface area contributed by atoms with E-state index in [0.717, 1.165) is 35.5 Å². The Bertz CT molecular complexity index is 937. The number of anilines is 2. The van der Waals surface area contributed by atoms with E-state index in [1.165, 1.54) is 12.8 Å². The van der Waals surface area contributed by atoms with Gasteiger partial charge in [-0.25, -0.2) is 9.97 Å². The zero-order valence-electron chi connectivity index (χ0n) is 15.2. The first-order valence-electron chi connectivity index (χ1n) is 9.37. The maximum absolute atomic E-state index is 12.4. The fourth-order valence-corrected chi connectivity index (χ4v) is 3.36. The van der Waals surface area contributed by atoms with Gasteiger partial charge in [-0.3, -0.25) is 4.79 Å². The minimum Gasteiger partial charge on any atom is -0.368 e. The lowest BCUT2D eigenvalue weighted by atomic mass is 10.1. The summed E-state index contributed by atoms with van der Waals surface area (Å²) in [5.74, 6) is 1.68. The van der Waals surface area contributed by atoms with Gasteiger partial charge in [0.05, 0.1) is 0 Å². The highest BCUT2D eigenvalue weighted by molar-refractivity contribution is 5.98. The number of aromatic nitrogens is 2. The number of hydrogen-bond acceptors (Lipinski definition) is 5. The van der Waals surface area contributed by atoms with Gasteiger partial charge in [-0.2, -0.15) is 0 Å². The van der Waals surface area contributed by atoms with Gasteiger partial charge in [0, 0.05) is 37.8 Å². The summed E-state index contributed by atoms with van der Waals surface area (Å²) in [6.45, 7) is 3.24. The number of rotatable bonds is 6. The highest BCUT2D eigenvalue weighted by Gasteiger charge is 2.14. The summed E-state index contributed by atoms with van der Waals surface area (Å²) in [7, 11) is 0. The lowest BCUT2D eigenvalue weighted by Crippen LogP contribution is -2.29. The van der Waals surface area contributed by atoms with Crippen molar-refractivity contribution >= 4 is 28.3 Å². The molecule has 138 valence electrons. The van der Waals surface area contributed by atoms with Crippen LogP contribution in [0.3, 0.4) is 0 Å². The second kappa shape index (κ2) is 8.03. The SMILES string of the molecule is O=C(NCCNc1cc(N2CCCC2)ncn1)c1ccc2ccccc2c1. The Labute approximate surface area is 158 Å². The van der Waals surface area contributed by atoms with Crippen LogP contribution in [0, 0.1) is 0 Å². The Kier molecular flexibility index (Phi) is 5.14. The molecular weight excluding hydrogens is 338 g/mol. The lowest BCUT2D eigenvalue weighted by molar-refractivity contribution is 0.0955. The van der Waals surface area contributed by atoms with Gasteiger partial charge in [-0.05, 0) is 35.7 Å². The molecule has 4 rings (SSSR count). The van der Waals surface area contributed by atoms with E-state index < -0.39 is 0 Å². The molecule has 1 aromatic heterocycles. The van der Waals surface area contributed by atoms with Crippen molar-refractivity contribution in [1.82, 2.24) is 15.3 Å². The van der Waals surface area contributed by atoms with Crippen molar-refractivity contribution in [3.63, 3.8) is 0 Å². The van der Waals surface area contributed by atoms with Gasteiger partial charge < -0.3 is 15.5 Å². The standard InChI is InChI=1S/C21H23N5O/c27-21(18-8-7-16-5-1-2-6-17(16)13-18)23-10-9-22-19-14-20(25-15-24-19)26-11-3-4-12-26/h1-2,5-8,13-15H,3-4,9-12H2,(H,23,27)(H,22,24,25). The molecule has 0 bridgehead atoms. The summed E-state index contributed by atoms with van der Waals surface area (Å²) < 4.78 is 0. The summed E-state index contributed by atoms with van der Waals surface area (Å²) in [4.78, 5) is 23.2. The van der Waals surface area contributed by atoms with Crippen molar-refractivity contribution in [3.05, 3.63) is 60.4 Å². The smallest absolute Gasteiger partial charge is 0.251 e. The Balaban J connectivity index is 1.29. The highest BCUT2D eigenvalue weighted by Crippen LogP contribution is 2.19. The van der Waals surface area contributed by atoms with Crippen molar-refractivity contribution < 1.29 is 4.79 Å². The van der Waals surface area contributed by atoms with Crippen LogP contribution in [0.4, 0.5) is 11.6 Å². The Morgan fingerprint density at radius 3 is 2.63 bits per heavy atom. The van der Waals surface area contributed by atoms with Crippen molar-refractivity contribution in [1.29, 1.82) is 0 Å². The van der Waals surface area contributed by atoms with E-state index in [1.807, 2.05) is 48.5 Å². The predicted molar refractivity (Wildman–Crippen MR) is 108 cm³/mol. The van der Waals surface area contributed by atoms with E-state index in [4.69, 9.17) is 0 Å². The molecule has 1 aliphatic rings. The Morgan fingerprint density at radius 1 is 0.963 bits per heavy atom. The van der Waals surface area contributed by atoms with Gasteiger partial charge in [-0.15, -0.1) is 0 Å². The molecule has 2 N–H and O–H groups in total. The first-order valence-corrected chi connectivity index (χ1v) is 9.37. The van der Waals surface area contributed by atoms with E-state index in [9.17, 15) is 4.79 Å². The van der Waals surface area contributed by atoms with Crippen LogP contribution >= 0.6 is 0 Å². The fraction of sp³-hybridized carbons (Fsp3) is 0.286. The molecule has 6 heteroatoms. The second-order valence-electron chi connectivity index (χ2n) is 6.70. The van der Waals surface area contributed by atoms with Crippen LogP contribution in [0.1, 0.15) is 23.2 Å². The van der Waals surface area contributed by atoms with Gasteiger partial charge >= 0.3 is 0 Å². The van der Waals surface area contributed by atoms with Crippen LogP contribution in [-0.2, 0) is 0 Å². The van der Waals surface area contributed by atoms with Crippen LogP contribution in [-0.4, -0.2) is 42.1 Å². The zero-order valence-corrected chi connectivity index (χ0v) is 15.2. The molecule has 1 aliphatic heterocycles.